The lowest BCUT2D eigenvalue weighted by molar-refractivity contribution is 0.269. The van der Waals surface area contributed by atoms with E-state index in [4.69, 9.17) is 10.5 Å². The van der Waals surface area contributed by atoms with Crippen molar-refractivity contribution < 1.29 is 4.74 Å². The van der Waals surface area contributed by atoms with Gasteiger partial charge in [0.25, 0.3) is 0 Å². The van der Waals surface area contributed by atoms with E-state index in [2.05, 4.69) is 17.1 Å². The summed E-state index contributed by atoms with van der Waals surface area (Å²) >= 11 is 0. The van der Waals surface area contributed by atoms with E-state index < -0.39 is 0 Å². The van der Waals surface area contributed by atoms with Crippen molar-refractivity contribution in [3.05, 3.63) is 18.2 Å². The Morgan fingerprint density at radius 1 is 1.39 bits per heavy atom. The summed E-state index contributed by atoms with van der Waals surface area (Å²) < 4.78 is 5.14. The molecular formula is C14H23N3O. The van der Waals surface area contributed by atoms with Gasteiger partial charge in [0.2, 0.25) is 0 Å². The molecule has 1 fully saturated rings. The summed E-state index contributed by atoms with van der Waals surface area (Å²) in [6.45, 7) is 5.64. The Labute approximate surface area is 109 Å². The topological polar surface area (TPSA) is 50.5 Å². The molecule has 100 valence electrons. The van der Waals surface area contributed by atoms with Crippen LogP contribution in [0.5, 0.6) is 5.75 Å². The molecule has 0 saturated carbocycles. The lowest BCUT2D eigenvalue weighted by atomic mass is 10.2. The number of ether oxygens (including phenoxy) is 1. The lowest BCUT2D eigenvalue weighted by Gasteiger charge is -2.24. The zero-order valence-electron chi connectivity index (χ0n) is 11.3. The van der Waals surface area contributed by atoms with Gasteiger partial charge in [0.1, 0.15) is 5.75 Å². The molecule has 1 aromatic rings. The molecular weight excluding hydrogens is 226 g/mol. The Morgan fingerprint density at radius 2 is 2.11 bits per heavy atom. The van der Waals surface area contributed by atoms with Gasteiger partial charge >= 0.3 is 0 Å². The third-order valence-electron chi connectivity index (χ3n) is 3.61. The van der Waals surface area contributed by atoms with Crippen LogP contribution in [0.15, 0.2) is 18.2 Å². The monoisotopic (exact) mass is 249 g/mol. The van der Waals surface area contributed by atoms with Crippen molar-refractivity contribution in [2.75, 3.05) is 37.8 Å². The first-order valence-electron chi connectivity index (χ1n) is 6.62. The highest BCUT2D eigenvalue weighted by Crippen LogP contribution is 2.24. The van der Waals surface area contributed by atoms with Gasteiger partial charge in [-0.1, -0.05) is 0 Å². The minimum absolute atomic E-state index is 0.550. The molecule has 1 unspecified atom stereocenters. The Morgan fingerprint density at radius 3 is 2.72 bits per heavy atom. The van der Waals surface area contributed by atoms with Crippen LogP contribution in [0.1, 0.15) is 19.8 Å². The third-order valence-corrected chi connectivity index (χ3v) is 3.61. The molecule has 1 aromatic carbocycles. The molecule has 1 aliphatic heterocycles. The Kier molecular flexibility index (Phi) is 4.31. The van der Waals surface area contributed by atoms with E-state index in [1.54, 1.807) is 7.11 Å². The predicted octanol–water partition coefficient (Wildman–Crippen LogP) is 2.17. The van der Waals surface area contributed by atoms with Gasteiger partial charge in [0.05, 0.1) is 18.5 Å². The van der Waals surface area contributed by atoms with Gasteiger partial charge in [-0.2, -0.15) is 0 Å². The van der Waals surface area contributed by atoms with E-state index in [1.165, 1.54) is 25.9 Å². The van der Waals surface area contributed by atoms with Crippen LogP contribution in [0.2, 0.25) is 0 Å². The number of hydrogen-bond donors (Lipinski definition) is 2. The van der Waals surface area contributed by atoms with E-state index in [1.807, 2.05) is 18.2 Å². The van der Waals surface area contributed by atoms with Gasteiger partial charge in [-0.3, -0.25) is 4.90 Å². The van der Waals surface area contributed by atoms with Crippen molar-refractivity contribution in [1.29, 1.82) is 0 Å². The highest BCUT2D eigenvalue weighted by Gasteiger charge is 2.17. The molecule has 2 rings (SSSR count). The maximum absolute atomic E-state index is 5.98. The SMILES string of the molecule is COc1ccc(NCC(C)N2CCCC2)c(N)c1. The molecule has 18 heavy (non-hydrogen) atoms. The first kappa shape index (κ1) is 13.0. The molecule has 4 heteroatoms. The van der Waals surface area contributed by atoms with E-state index in [0.717, 1.165) is 23.7 Å². The standard InChI is InChI=1S/C14H23N3O/c1-11(17-7-3-4-8-17)10-16-14-6-5-12(18-2)9-13(14)15/h5-6,9,11,16H,3-4,7-8,10,15H2,1-2H3. The molecule has 1 aliphatic rings. The molecule has 0 radical (unpaired) electrons. The highest BCUT2D eigenvalue weighted by atomic mass is 16.5. The molecule has 0 spiro atoms. The first-order chi connectivity index (χ1) is 8.70. The molecule has 0 aromatic heterocycles. The van der Waals surface area contributed by atoms with Gasteiger partial charge in [0, 0.05) is 18.7 Å². The van der Waals surface area contributed by atoms with Crippen LogP contribution in [0.4, 0.5) is 11.4 Å². The molecule has 1 heterocycles. The first-order valence-corrected chi connectivity index (χ1v) is 6.62. The van der Waals surface area contributed by atoms with E-state index in [-0.39, 0.29) is 0 Å². The van der Waals surface area contributed by atoms with E-state index in [9.17, 15) is 0 Å². The summed E-state index contributed by atoms with van der Waals surface area (Å²) in [7, 11) is 1.65. The van der Waals surface area contributed by atoms with Gasteiger partial charge in [-0.05, 0) is 45.0 Å². The lowest BCUT2D eigenvalue weighted by Crippen LogP contribution is -2.35. The summed E-state index contributed by atoms with van der Waals surface area (Å²) in [5.41, 5.74) is 7.71. The smallest absolute Gasteiger partial charge is 0.121 e. The van der Waals surface area contributed by atoms with Crippen molar-refractivity contribution in [3.8, 4) is 5.75 Å². The van der Waals surface area contributed by atoms with Crippen LogP contribution in [0, 0.1) is 0 Å². The number of anilines is 2. The van der Waals surface area contributed by atoms with Crippen LogP contribution in [-0.2, 0) is 0 Å². The average Bonchev–Trinajstić information content (AvgIpc) is 2.90. The second kappa shape index (κ2) is 5.96. The number of hydrogen-bond acceptors (Lipinski definition) is 4. The predicted molar refractivity (Wildman–Crippen MR) is 76.2 cm³/mol. The summed E-state index contributed by atoms with van der Waals surface area (Å²) in [5, 5.41) is 3.42. The summed E-state index contributed by atoms with van der Waals surface area (Å²) in [6.07, 6.45) is 2.66. The van der Waals surface area contributed by atoms with Crippen molar-refractivity contribution in [1.82, 2.24) is 4.90 Å². The summed E-state index contributed by atoms with van der Waals surface area (Å²) in [4.78, 5) is 2.52. The second-order valence-corrected chi connectivity index (χ2v) is 4.93. The van der Waals surface area contributed by atoms with Gasteiger partial charge in [-0.15, -0.1) is 0 Å². The van der Waals surface area contributed by atoms with E-state index >= 15 is 0 Å². The van der Waals surface area contributed by atoms with E-state index in [0.29, 0.717) is 6.04 Å². The maximum atomic E-state index is 5.98. The number of nitrogens with one attached hydrogen (secondary N) is 1. The van der Waals surface area contributed by atoms with Crippen molar-refractivity contribution in [2.24, 2.45) is 0 Å². The molecule has 0 bridgehead atoms. The number of benzene rings is 1. The third kappa shape index (κ3) is 3.07. The largest absolute Gasteiger partial charge is 0.497 e. The van der Waals surface area contributed by atoms with Crippen molar-refractivity contribution in [3.63, 3.8) is 0 Å². The average molecular weight is 249 g/mol. The van der Waals surface area contributed by atoms with Crippen LogP contribution < -0.4 is 15.8 Å². The van der Waals surface area contributed by atoms with Crippen molar-refractivity contribution >= 4 is 11.4 Å². The Hall–Kier alpha value is -1.42. The fourth-order valence-corrected chi connectivity index (χ4v) is 2.40. The fourth-order valence-electron chi connectivity index (χ4n) is 2.40. The van der Waals surface area contributed by atoms with Crippen LogP contribution >= 0.6 is 0 Å². The molecule has 4 nitrogen and oxygen atoms in total. The maximum Gasteiger partial charge on any atom is 0.121 e. The minimum atomic E-state index is 0.550. The molecule has 1 saturated heterocycles. The van der Waals surface area contributed by atoms with Crippen LogP contribution in [0.25, 0.3) is 0 Å². The molecule has 1 atom stereocenters. The van der Waals surface area contributed by atoms with Crippen LogP contribution in [-0.4, -0.2) is 37.7 Å². The zero-order chi connectivity index (χ0) is 13.0. The Bertz CT molecular complexity index is 389. The molecule has 3 N–H and O–H groups in total. The Balaban J connectivity index is 1.89. The number of rotatable bonds is 5. The molecule has 0 amide bonds. The summed E-state index contributed by atoms with van der Waals surface area (Å²) in [5.74, 6) is 0.797. The number of likely N-dealkylation sites (tertiary alicyclic amines) is 1. The number of nitrogen functional groups attached to an aromatic ring is 1. The fraction of sp³-hybridized carbons (Fsp3) is 0.571. The second-order valence-electron chi connectivity index (χ2n) is 4.93. The van der Waals surface area contributed by atoms with Gasteiger partial charge in [-0.25, -0.2) is 0 Å². The van der Waals surface area contributed by atoms with Crippen molar-refractivity contribution in [2.45, 2.75) is 25.8 Å². The normalized spacial score (nSPS) is 17.7. The summed E-state index contributed by atoms with van der Waals surface area (Å²) in [6, 6.07) is 6.31. The zero-order valence-corrected chi connectivity index (χ0v) is 11.3. The number of nitrogens with two attached hydrogens (primary N) is 1. The molecule has 0 aliphatic carbocycles. The van der Waals surface area contributed by atoms with Crippen LogP contribution in [0.3, 0.4) is 0 Å². The van der Waals surface area contributed by atoms with Gasteiger partial charge < -0.3 is 15.8 Å². The quantitative estimate of drug-likeness (QED) is 0.785. The number of nitrogens with zero attached hydrogens (tertiary/aromatic N) is 1. The minimum Gasteiger partial charge on any atom is -0.497 e. The highest BCUT2D eigenvalue weighted by molar-refractivity contribution is 5.68. The number of methoxy groups -OCH3 is 1. The van der Waals surface area contributed by atoms with Gasteiger partial charge in [0.15, 0.2) is 0 Å².